The van der Waals surface area contributed by atoms with E-state index in [4.69, 9.17) is 0 Å². The van der Waals surface area contributed by atoms with Gasteiger partial charge in [-0.3, -0.25) is 0 Å². The van der Waals surface area contributed by atoms with Gasteiger partial charge in [0.2, 0.25) is 0 Å². The van der Waals surface area contributed by atoms with Gasteiger partial charge in [-0.2, -0.15) is 11.8 Å². The zero-order valence-corrected chi connectivity index (χ0v) is 13.3. The normalized spacial score (nSPS) is 23.6. The lowest BCUT2D eigenvalue weighted by atomic mass is 9.71. The summed E-state index contributed by atoms with van der Waals surface area (Å²) in [7, 11) is 0. The summed E-state index contributed by atoms with van der Waals surface area (Å²) >= 11 is 2.13. The molecule has 4 rings (SSSR count). The van der Waals surface area contributed by atoms with Crippen LogP contribution in [0.3, 0.4) is 0 Å². The maximum absolute atomic E-state index is 2.53. The van der Waals surface area contributed by atoms with Crippen molar-refractivity contribution in [2.75, 3.05) is 11.5 Å². The molecule has 104 valence electrons. The molecule has 0 N–H and O–H groups in total. The molecule has 20 heavy (non-hydrogen) atoms. The van der Waals surface area contributed by atoms with Crippen molar-refractivity contribution in [3.05, 3.63) is 52.1 Å². The first kappa shape index (κ1) is 12.8. The highest BCUT2D eigenvalue weighted by atomic mass is 32.2. The third kappa shape index (κ3) is 1.69. The molecule has 0 radical (unpaired) electrons. The van der Waals surface area contributed by atoms with E-state index < -0.39 is 0 Å². The molecular formula is C19H22S. The van der Waals surface area contributed by atoms with E-state index >= 15 is 0 Å². The fourth-order valence-electron chi connectivity index (χ4n) is 4.29. The number of rotatable bonds is 0. The minimum absolute atomic E-state index is 0.351. The highest BCUT2D eigenvalue weighted by molar-refractivity contribution is 7.99. The van der Waals surface area contributed by atoms with Crippen molar-refractivity contribution in [1.29, 1.82) is 0 Å². The Kier molecular flexibility index (Phi) is 2.89. The molecule has 0 nitrogen and oxygen atoms in total. The summed E-state index contributed by atoms with van der Waals surface area (Å²) in [5.41, 5.74) is 9.91. The van der Waals surface area contributed by atoms with Crippen molar-refractivity contribution in [2.45, 2.75) is 44.9 Å². The van der Waals surface area contributed by atoms with Crippen LogP contribution in [0, 0.1) is 6.92 Å². The van der Waals surface area contributed by atoms with Crippen molar-refractivity contribution >= 4 is 17.3 Å². The maximum Gasteiger partial charge on any atom is 0.0227 e. The molecule has 0 saturated carbocycles. The fourth-order valence-corrected chi connectivity index (χ4v) is 5.48. The molecule has 1 fully saturated rings. The van der Waals surface area contributed by atoms with E-state index in [0.29, 0.717) is 5.41 Å². The zero-order chi connectivity index (χ0) is 13.7. The van der Waals surface area contributed by atoms with Gasteiger partial charge in [0.1, 0.15) is 0 Å². The summed E-state index contributed by atoms with van der Waals surface area (Å²) in [4.78, 5) is 0. The number of hydrogen-bond acceptors (Lipinski definition) is 1. The van der Waals surface area contributed by atoms with Crippen molar-refractivity contribution in [3.63, 3.8) is 0 Å². The van der Waals surface area contributed by atoms with E-state index in [-0.39, 0.29) is 0 Å². The zero-order valence-electron chi connectivity index (χ0n) is 12.5. The number of aryl methyl sites for hydroxylation is 1. The van der Waals surface area contributed by atoms with Crippen LogP contribution in [0.15, 0.2) is 35.4 Å². The molecule has 1 spiro atoms. The number of allylic oxidation sites excluding steroid dienone is 4. The Morgan fingerprint density at radius 2 is 1.85 bits per heavy atom. The second-order valence-corrected chi connectivity index (χ2v) is 7.85. The van der Waals surface area contributed by atoms with Gasteiger partial charge in [0.25, 0.3) is 0 Å². The average molecular weight is 282 g/mol. The van der Waals surface area contributed by atoms with Crippen molar-refractivity contribution in [3.8, 4) is 0 Å². The van der Waals surface area contributed by atoms with Gasteiger partial charge in [-0.15, -0.1) is 0 Å². The monoisotopic (exact) mass is 282 g/mol. The SMILES string of the molecule is CC1=CC2=C(CC1)c1ccc(C)cc1C21CCSCC1. The molecule has 1 aliphatic heterocycles. The van der Waals surface area contributed by atoms with Crippen molar-refractivity contribution in [1.82, 2.24) is 0 Å². The molecule has 1 aromatic rings. The molecule has 0 aromatic heterocycles. The van der Waals surface area contributed by atoms with E-state index in [9.17, 15) is 0 Å². The van der Waals surface area contributed by atoms with Crippen LogP contribution in [-0.4, -0.2) is 11.5 Å². The number of fused-ring (bicyclic) bond motifs is 4. The smallest absolute Gasteiger partial charge is 0.0227 e. The molecule has 0 atom stereocenters. The predicted molar refractivity (Wildman–Crippen MR) is 89.3 cm³/mol. The maximum atomic E-state index is 2.53. The Bertz CT molecular complexity index is 627. The largest absolute Gasteiger partial charge is 0.162 e. The van der Waals surface area contributed by atoms with E-state index in [1.165, 1.54) is 42.8 Å². The van der Waals surface area contributed by atoms with Crippen LogP contribution >= 0.6 is 11.8 Å². The molecule has 2 aliphatic carbocycles. The van der Waals surface area contributed by atoms with Gasteiger partial charge in [-0.1, -0.05) is 35.4 Å². The van der Waals surface area contributed by atoms with Gasteiger partial charge >= 0.3 is 0 Å². The van der Waals surface area contributed by atoms with Crippen LogP contribution in [0.5, 0.6) is 0 Å². The van der Waals surface area contributed by atoms with E-state index in [0.717, 1.165) is 0 Å². The minimum atomic E-state index is 0.351. The third-order valence-corrected chi connectivity index (χ3v) is 6.35. The first-order valence-corrected chi connectivity index (χ1v) is 8.96. The van der Waals surface area contributed by atoms with Gasteiger partial charge in [0.05, 0.1) is 0 Å². The molecule has 0 amide bonds. The number of hydrogen-bond donors (Lipinski definition) is 0. The number of benzene rings is 1. The van der Waals surface area contributed by atoms with Gasteiger partial charge in [0.15, 0.2) is 0 Å². The highest BCUT2D eigenvalue weighted by Gasteiger charge is 2.45. The molecule has 0 bridgehead atoms. The van der Waals surface area contributed by atoms with Crippen LogP contribution < -0.4 is 0 Å². The third-order valence-electron chi connectivity index (χ3n) is 5.36. The van der Waals surface area contributed by atoms with Gasteiger partial charge < -0.3 is 0 Å². The van der Waals surface area contributed by atoms with E-state index in [1.807, 2.05) is 0 Å². The first-order valence-electron chi connectivity index (χ1n) is 7.81. The van der Waals surface area contributed by atoms with Crippen LogP contribution in [0.4, 0.5) is 0 Å². The van der Waals surface area contributed by atoms with E-state index in [1.54, 1.807) is 27.8 Å². The second-order valence-electron chi connectivity index (χ2n) is 6.63. The van der Waals surface area contributed by atoms with Gasteiger partial charge in [-0.25, -0.2) is 0 Å². The lowest BCUT2D eigenvalue weighted by Gasteiger charge is -2.37. The molecular weight excluding hydrogens is 260 g/mol. The van der Waals surface area contributed by atoms with Crippen LogP contribution in [0.1, 0.15) is 49.3 Å². The average Bonchev–Trinajstić information content (AvgIpc) is 2.70. The summed E-state index contributed by atoms with van der Waals surface area (Å²) < 4.78 is 0. The Labute approximate surface area is 126 Å². The van der Waals surface area contributed by atoms with Crippen LogP contribution in [0.25, 0.3) is 5.57 Å². The Hall–Kier alpha value is -0.950. The summed E-state index contributed by atoms with van der Waals surface area (Å²) in [5.74, 6) is 2.63. The molecule has 0 unspecified atom stereocenters. The summed E-state index contributed by atoms with van der Waals surface area (Å²) in [6.07, 6.45) is 7.69. The van der Waals surface area contributed by atoms with Gasteiger partial charge in [0, 0.05) is 5.41 Å². The molecule has 1 heteroatoms. The first-order chi connectivity index (χ1) is 9.71. The Morgan fingerprint density at radius 1 is 1.05 bits per heavy atom. The topological polar surface area (TPSA) is 0 Å². The van der Waals surface area contributed by atoms with Crippen molar-refractivity contribution < 1.29 is 0 Å². The highest BCUT2D eigenvalue weighted by Crippen LogP contribution is 2.56. The predicted octanol–water partition coefficient (Wildman–Crippen LogP) is 5.27. The fraction of sp³-hybridized carbons (Fsp3) is 0.474. The molecule has 3 aliphatic rings. The van der Waals surface area contributed by atoms with Gasteiger partial charge in [-0.05, 0) is 73.3 Å². The standard InChI is InChI=1S/C19H22S/c1-13-3-5-15-16-6-4-14(2)12-18(16)19(17(15)11-13)7-9-20-10-8-19/h3,5,11-12H,4,6-10H2,1-2H3. The minimum Gasteiger partial charge on any atom is -0.162 e. The van der Waals surface area contributed by atoms with Crippen LogP contribution in [0.2, 0.25) is 0 Å². The lowest BCUT2D eigenvalue weighted by Crippen LogP contribution is -2.31. The molecule has 1 aromatic carbocycles. The molecule has 1 heterocycles. The van der Waals surface area contributed by atoms with Crippen molar-refractivity contribution in [2.24, 2.45) is 0 Å². The quantitative estimate of drug-likeness (QED) is 0.625. The van der Waals surface area contributed by atoms with E-state index in [2.05, 4.69) is 49.9 Å². The summed E-state index contributed by atoms with van der Waals surface area (Å²) in [6, 6.07) is 7.17. The Balaban J connectivity index is 1.96. The lowest BCUT2D eigenvalue weighted by molar-refractivity contribution is 0.481. The van der Waals surface area contributed by atoms with Crippen LogP contribution in [-0.2, 0) is 5.41 Å². The second kappa shape index (κ2) is 4.53. The summed E-state index contributed by atoms with van der Waals surface area (Å²) in [6.45, 7) is 4.55. The molecule has 1 saturated heterocycles. The Morgan fingerprint density at radius 3 is 2.65 bits per heavy atom. The summed E-state index contributed by atoms with van der Waals surface area (Å²) in [5, 5.41) is 0. The number of thioether (sulfide) groups is 1.